The number of halogens is 2. The van der Waals surface area contributed by atoms with E-state index in [4.69, 9.17) is 15.5 Å². The number of amidine groups is 1. The average Bonchev–Trinajstić information content (AvgIpc) is 3.22. The number of rotatable bonds is 2. The summed E-state index contributed by atoms with van der Waals surface area (Å²) in [7, 11) is 0. The van der Waals surface area contributed by atoms with Gasteiger partial charge >= 0.3 is 0 Å². The van der Waals surface area contributed by atoms with Crippen LogP contribution in [-0.2, 0) is 5.54 Å². The van der Waals surface area contributed by atoms with E-state index in [1.54, 1.807) is 36.5 Å². The topological polar surface area (TPSA) is 86.3 Å². The first-order valence-corrected chi connectivity index (χ1v) is 11.6. The third kappa shape index (κ3) is 3.09. The van der Waals surface area contributed by atoms with Gasteiger partial charge in [0.2, 0.25) is 11.9 Å². The molecule has 1 unspecified atom stereocenters. The van der Waals surface area contributed by atoms with Crippen LogP contribution in [0, 0.1) is 11.9 Å². The van der Waals surface area contributed by atoms with Crippen molar-refractivity contribution in [1.29, 1.82) is 0 Å². The van der Waals surface area contributed by atoms with Crippen molar-refractivity contribution in [2.24, 2.45) is 10.7 Å². The molecule has 0 saturated carbocycles. The Hall–Kier alpha value is -4.98. The maximum Gasteiger partial charge on any atom is 0.220 e. The van der Waals surface area contributed by atoms with E-state index in [2.05, 4.69) is 15.0 Å². The molecule has 178 valence electrons. The van der Waals surface area contributed by atoms with Crippen molar-refractivity contribution in [1.82, 2.24) is 15.0 Å². The molecule has 2 aliphatic rings. The predicted octanol–water partition coefficient (Wildman–Crippen LogP) is 5.60. The number of hydrogen-bond donors (Lipinski definition) is 1. The average molecular weight is 489 g/mol. The Bertz CT molecular complexity index is 1770. The Morgan fingerprint density at radius 1 is 0.703 bits per heavy atom. The molecule has 2 N–H and O–H groups in total. The van der Waals surface area contributed by atoms with Gasteiger partial charge in [-0.05, 0) is 47.5 Å². The van der Waals surface area contributed by atoms with E-state index in [-0.39, 0.29) is 0 Å². The molecule has 1 spiro atoms. The molecule has 1 atom stereocenters. The van der Waals surface area contributed by atoms with Gasteiger partial charge in [-0.3, -0.25) is 4.98 Å². The molecular weight excluding hydrogens is 472 g/mol. The monoisotopic (exact) mass is 489 g/mol. The second kappa shape index (κ2) is 7.76. The zero-order valence-corrected chi connectivity index (χ0v) is 19.2. The van der Waals surface area contributed by atoms with Crippen LogP contribution < -0.4 is 10.5 Å². The van der Waals surface area contributed by atoms with Gasteiger partial charge < -0.3 is 10.5 Å². The molecule has 8 heteroatoms. The fourth-order valence-corrected chi connectivity index (χ4v) is 5.19. The number of pyridine rings is 3. The molecule has 0 radical (unpaired) electrons. The Morgan fingerprint density at radius 3 is 2.41 bits per heavy atom. The molecule has 0 fully saturated rings. The van der Waals surface area contributed by atoms with Crippen molar-refractivity contribution in [3.8, 4) is 33.9 Å². The van der Waals surface area contributed by atoms with Gasteiger partial charge in [0.25, 0.3) is 0 Å². The van der Waals surface area contributed by atoms with Crippen molar-refractivity contribution in [3.05, 3.63) is 126 Å². The lowest BCUT2D eigenvalue weighted by molar-refractivity contribution is 0.422. The van der Waals surface area contributed by atoms with Gasteiger partial charge in [0.1, 0.15) is 17.1 Å². The Balaban J connectivity index is 1.53. The van der Waals surface area contributed by atoms with Crippen LogP contribution in [0.25, 0.3) is 22.4 Å². The normalized spacial score (nSPS) is 17.0. The number of ether oxygens (including phenoxy) is 1. The lowest BCUT2D eigenvalue weighted by atomic mass is 9.75. The Labute approximate surface area is 210 Å². The van der Waals surface area contributed by atoms with Crippen LogP contribution in [0.15, 0.2) is 96.4 Å². The van der Waals surface area contributed by atoms with Crippen molar-refractivity contribution in [2.75, 3.05) is 0 Å². The molecule has 5 heterocycles. The summed E-state index contributed by atoms with van der Waals surface area (Å²) >= 11 is 0. The molecule has 7 rings (SSSR count). The third-order valence-corrected chi connectivity index (χ3v) is 6.82. The largest absolute Gasteiger partial charge is 0.455 e. The van der Waals surface area contributed by atoms with E-state index in [0.717, 1.165) is 11.1 Å². The summed E-state index contributed by atoms with van der Waals surface area (Å²) in [4.78, 5) is 17.0. The molecule has 3 aromatic heterocycles. The minimum absolute atomic E-state index is 0.358. The standard InChI is InChI=1S/C29H17F2N5O/c30-26-13-17(9-11-33-26)23-14-22-25(15-35-23)37-24-8-7-16(18-5-3-10-34-27(18)31)12-21(24)29(22)20-6-2-1-4-19(20)28(32)36-29/h1-15H,(H2,32,36). The predicted molar refractivity (Wildman–Crippen MR) is 134 cm³/mol. The highest BCUT2D eigenvalue weighted by Gasteiger charge is 2.49. The van der Waals surface area contributed by atoms with Gasteiger partial charge in [-0.25, -0.2) is 15.0 Å². The SMILES string of the molecule is NC1=NC2(c3cc(-c4cccnc4F)ccc3Oc3cnc(-c4ccnc(F)c4)cc32)c2ccccc21. The molecular formula is C29H17F2N5O. The zero-order chi connectivity index (χ0) is 25.1. The second-order valence-corrected chi connectivity index (χ2v) is 8.84. The van der Waals surface area contributed by atoms with E-state index >= 15 is 0 Å². The maximum atomic E-state index is 14.7. The van der Waals surface area contributed by atoms with E-state index in [1.807, 2.05) is 36.4 Å². The molecule has 0 bridgehead atoms. The molecule has 2 aromatic carbocycles. The number of benzene rings is 2. The molecule has 2 aliphatic heterocycles. The van der Waals surface area contributed by atoms with Gasteiger partial charge in [-0.2, -0.15) is 8.78 Å². The minimum Gasteiger partial charge on any atom is -0.455 e. The fourth-order valence-electron chi connectivity index (χ4n) is 5.19. The van der Waals surface area contributed by atoms with Crippen molar-refractivity contribution in [3.63, 3.8) is 0 Å². The minimum atomic E-state index is -1.08. The highest BCUT2D eigenvalue weighted by molar-refractivity contribution is 6.03. The summed E-state index contributed by atoms with van der Waals surface area (Å²) in [5.74, 6) is 0.248. The molecule has 0 saturated heterocycles. The summed E-state index contributed by atoms with van der Waals surface area (Å²) in [6, 6.07) is 21.4. The number of aliphatic imine (C=N–C) groups is 1. The summed E-state index contributed by atoms with van der Waals surface area (Å²) in [6.07, 6.45) is 4.41. The fraction of sp³-hybridized carbons (Fsp3) is 0.0345. The summed E-state index contributed by atoms with van der Waals surface area (Å²) in [5.41, 5.74) is 10.5. The van der Waals surface area contributed by atoms with Crippen molar-refractivity contribution < 1.29 is 13.5 Å². The highest BCUT2D eigenvalue weighted by atomic mass is 19.1. The third-order valence-electron chi connectivity index (χ3n) is 6.82. The van der Waals surface area contributed by atoms with E-state index in [9.17, 15) is 8.78 Å². The van der Waals surface area contributed by atoms with Crippen LogP contribution in [0.5, 0.6) is 11.5 Å². The molecule has 0 aliphatic carbocycles. The first-order valence-electron chi connectivity index (χ1n) is 11.6. The lowest BCUT2D eigenvalue weighted by Crippen LogP contribution is -2.30. The number of aromatic nitrogens is 3. The van der Waals surface area contributed by atoms with E-state index in [1.165, 1.54) is 18.5 Å². The van der Waals surface area contributed by atoms with Crippen LogP contribution in [0.1, 0.15) is 22.3 Å². The summed E-state index contributed by atoms with van der Waals surface area (Å²) in [6.45, 7) is 0. The highest BCUT2D eigenvalue weighted by Crippen LogP contribution is 2.56. The van der Waals surface area contributed by atoms with Crippen LogP contribution in [0.2, 0.25) is 0 Å². The van der Waals surface area contributed by atoms with Gasteiger partial charge in [-0.15, -0.1) is 0 Å². The molecule has 37 heavy (non-hydrogen) atoms. The zero-order valence-electron chi connectivity index (χ0n) is 19.2. The van der Waals surface area contributed by atoms with E-state index < -0.39 is 17.4 Å². The van der Waals surface area contributed by atoms with Crippen LogP contribution in [0.4, 0.5) is 8.78 Å². The molecule has 6 nitrogen and oxygen atoms in total. The van der Waals surface area contributed by atoms with Crippen LogP contribution in [0.3, 0.4) is 0 Å². The number of hydrogen-bond acceptors (Lipinski definition) is 6. The van der Waals surface area contributed by atoms with Gasteiger partial charge in [0.15, 0.2) is 5.75 Å². The Kier molecular flexibility index (Phi) is 4.47. The number of nitrogens with two attached hydrogens (primary N) is 1. The Morgan fingerprint density at radius 2 is 1.54 bits per heavy atom. The van der Waals surface area contributed by atoms with Crippen LogP contribution in [-0.4, -0.2) is 20.8 Å². The maximum absolute atomic E-state index is 14.7. The van der Waals surface area contributed by atoms with Gasteiger partial charge in [0.05, 0.1) is 11.9 Å². The van der Waals surface area contributed by atoms with E-state index in [0.29, 0.717) is 50.8 Å². The number of fused-ring (bicyclic) bond motifs is 6. The van der Waals surface area contributed by atoms with Gasteiger partial charge in [-0.1, -0.05) is 30.3 Å². The second-order valence-electron chi connectivity index (χ2n) is 8.84. The van der Waals surface area contributed by atoms with Crippen LogP contribution >= 0.6 is 0 Å². The lowest BCUT2D eigenvalue weighted by Gasteiger charge is -2.36. The van der Waals surface area contributed by atoms with Gasteiger partial charge in [0, 0.05) is 46.3 Å². The number of nitrogens with zero attached hydrogens (tertiary/aromatic N) is 4. The first-order chi connectivity index (χ1) is 18.0. The molecule has 5 aromatic rings. The smallest absolute Gasteiger partial charge is 0.220 e. The first kappa shape index (κ1) is 21.3. The molecule has 0 amide bonds. The summed E-state index contributed by atoms with van der Waals surface area (Å²) in [5, 5.41) is 0. The quantitative estimate of drug-likeness (QED) is 0.326. The van der Waals surface area contributed by atoms with Crippen molar-refractivity contribution >= 4 is 5.84 Å². The summed E-state index contributed by atoms with van der Waals surface area (Å²) < 4.78 is 34.9. The van der Waals surface area contributed by atoms with Crippen molar-refractivity contribution in [2.45, 2.75) is 5.54 Å².